The van der Waals surface area contributed by atoms with Crippen molar-refractivity contribution in [3.8, 4) is 22.3 Å². The maximum absolute atomic E-state index is 2.98. The zero-order valence-electron chi connectivity index (χ0n) is 46.9. The van der Waals surface area contributed by atoms with Crippen LogP contribution in [0.3, 0.4) is 0 Å². The molecule has 4 aliphatic heterocycles. The van der Waals surface area contributed by atoms with E-state index in [-0.39, 0.29) is 39.5 Å². The summed E-state index contributed by atoms with van der Waals surface area (Å²) in [6.07, 6.45) is 9.73. The zero-order valence-corrected chi connectivity index (χ0v) is 47.9. The summed E-state index contributed by atoms with van der Waals surface area (Å²) in [4.78, 5) is 8.63. The lowest BCUT2D eigenvalue weighted by molar-refractivity contribution is 0.194. The summed E-state index contributed by atoms with van der Waals surface area (Å²) in [7, 11) is -1.78. The number of hydrogen-bond donors (Lipinski definition) is 0. The van der Waals surface area contributed by atoms with Crippen LogP contribution in [0.2, 0.25) is 19.6 Å². The third kappa shape index (κ3) is 6.56. The van der Waals surface area contributed by atoms with Gasteiger partial charge in [0, 0.05) is 50.5 Å². The van der Waals surface area contributed by atoms with Gasteiger partial charge in [-0.2, -0.15) is 0 Å². The van der Waals surface area contributed by atoms with E-state index in [0.717, 1.165) is 6.42 Å². The van der Waals surface area contributed by atoms with Gasteiger partial charge in [0.2, 0.25) is 0 Å². The predicted molar refractivity (Wildman–Crippen MR) is 323 cm³/mol. The van der Waals surface area contributed by atoms with Crippen molar-refractivity contribution in [2.45, 2.75) is 173 Å². The summed E-state index contributed by atoms with van der Waals surface area (Å²) in [6.45, 7) is 32.6. The Balaban J connectivity index is 1.18. The maximum Gasteiger partial charge on any atom is 0.252 e. The third-order valence-corrected chi connectivity index (χ3v) is 22.4. The number of rotatable bonds is 5. The van der Waals surface area contributed by atoms with Crippen LogP contribution in [-0.2, 0) is 21.7 Å². The lowest BCUT2D eigenvalue weighted by Gasteiger charge is -2.54. The van der Waals surface area contributed by atoms with Crippen LogP contribution >= 0.6 is 0 Å². The monoisotopic (exact) mass is 988 g/mol. The van der Waals surface area contributed by atoms with Gasteiger partial charge in [-0.05, 0) is 148 Å². The topological polar surface area (TPSA) is 9.72 Å². The molecule has 4 atom stereocenters. The molecule has 376 valence electrons. The number of benzene rings is 7. The van der Waals surface area contributed by atoms with Crippen molar-refractivity contribution >= 4 is 76.2 Å². The minimum absolute atomic E-state index is 0.00521. The summed E-state index contributed by atoms with van der Waals surface area (Å²) in [5, 5.41) is 1.59. The van der Waals surface area contributed by atoms with Gasteiger partial charge in [-0.1, -0.05) is 203 Å². The number of nitrogens with zero attached hydrogens (tertiary/aromatic N) is 3. The molecular formula is C69H78BN3Si. The molecule has 7 aromatic carbocycles. The fourth-order valence-electron chi connectivity index (χ4n) is 15.6. The molecular weight excluding hydrogens is 910 g/mol. The fourth-order valence-corrected chi connectivity index (χ4v) is 16.8. The average molecular weight is 988 g/mol. The van der Waals surface area contributed by atoms with Gasteiger partial charge in [0.15, 0.2) is 0 Å². The molecule has 0 aromatic heterocycles. The Morgan fingerprint density at radius 3 is 1.68 bits per heavy atom. The molecule has 0 saturated heterocycles. The van der Waals surface area contributed by atoms with Crippen LogP contribution < -0.4 is 36.3 Å². The largest absolute Gasteiger partial charge is 0.335 e. The van der Waals surface area contributed by atoms with Gasteiger partial charge >= 0.3 is 0 Å². The van der Waals surface area contributed by atoms with Crippen LogP contribution in [0.15, 0.2) is 140 Å². The fraction of sp³-hybridized carbons (Fsp3) is 0.391. The molecule has 0 spiro atoms. The van der Waals surface area contributed by atoms with E-state index < -0.39 is 8.07 Å². The predicted octanol–water partition coefficient (Wildman–Crippen LogP) is 16.3. The van der Waals surface area contributed by atoms with Crippen molar-refractivity contribution in [1.29, 1.82) is 0 Å². The molecule has 0 N–H and O–H groups in total. The van der Waals surface area contributed by atoms with Gasteiger partial charge in [-0.3, -0.25) is 0 Å². The second kappa shape index (κ2) is 15.9. The van der Waals surface area contributed by atoms with Crippen LogP contribution in [0.4, 0.5) is 39.8 Å². The van der Waals surface area contributed by atoms with Crippen molar-refractivity contribution in [3.63, 3.8) is 0 Å². The molecule has 74 heavy (non-hydrogen) atoms. The SMILES string of the molecule is CC(C)(C)c1ccc(N2c3cc(C(C)(C)C)ccc3B3c4cc([Si](C)(C)C)cc5c4N(c4cc(N6c7ccc(-c8ccccc8)cc7C7(C)CCCCC67C)cc2c43)C2(C)CCCCC52C)c(-c2ccccc2)c1. The molecule has 2 aliphatic carbocycles. The smallest absolute Gasteiger partial charge is 0.252 e. The van der Waals surface area contributed by atoms with Crippen LogP contribution in [0.5, 0.6) is 0 Å². The van der Waals surface area contributed by atoms with Gasteiger partial charge in [0.1, 0.15) is 0 Å². The van der Waals surface area contributed by atoms with Crippen LogP contribution in [0.1, 0.15) is 143 Å². The third-order valence-electron chi connectivity index (χ3n) is 20.4. The first-order valence-electron chi connectivity index (χ1n) is 28.4. The van der Waals surface area contributed by atoms with Crippen LogP contribution in [0.25, 0.3) is 22.3 Å². The van der Waals surface area contributed by atoms with E-state index >= 15 is 0 Å². The van der Waals surface area contributed by atoms with Crippen LogP contribution in [-0.4, -0.2) is 25.9 Å². The minimum Gasteiger partial charge on any atom is -0.335 e. The molecule has 0 bridgehead atoms. The van der Waals surface area contributed by atoms with E-state index in [4.69, 9.17) is 0 Å². The van der Waals surface area contributed by atoms with E-state index in [0.29, 0.717) is 0 Å². The Kier molecular flexibility index (Phi) is 10.3. The van der Waals surface area contributed by atoms with Gasteiger partial charge in [0.25, 0.3) is 6.71 Å². The molecule has 13 rings (SSSR count). The molecule has 6 aliphatic rings. The summed E-state index contributed by atoms with van der Waals surface area (Å²) >= 11 is 0. The van der Waals surface area contributed by atoms with Crippen molar-refractivity contribution in [1.82, 2.24) is 0 Å². The normalized spacial score (nSPS) is 24.5. The van der Waals surface area contributed by atoms with E-state index in [2.05, 4.69) is 243 Å². The molecule has 0 radical (unpaired) electrons. The highest BCUT2D eigenvalue weighted by atomic mass is 28.3. The summed E-state index contributed by atoms with van der Waals surface area (Å²) in [5.74, 6) is 0. The standard InChI is InChI=1S/C69H78BN3Si/c1-64(2,3)48-30-33-57(52(39-48)46-26-18-15-19-27-46)71-59-40-49(65(4,5)6)29-31-55(59)70-56-44-51(74(11,12)13)43-54-63(56)73(69(10)37-23-21-35-67(54,69)8)61-42-50(41-60(71)62(61)70)72-58-32-28-47(45-24-16-14-17-25-45)38-53(58)66(7)34-20-22-36-68(66,72)9/h14-19,24-33,38-44H,20-23,34-37H2,1-13H3. The number of fused-ring (bicyclic) bond motifs is 10. The second-order valence-electron chi connectivity index (χ2n) is 27.6. The molecule has 7 aromatic rings. The van der Waals surface area contributed by atoms with Crippen molar-refractivity contribution in [3.05, 3.63) is 162 Å². The Morgan fingerprint density at radius 2 is 1.03 bits per heavy atom. The first-order chi connectivity index (χ1) is 35.1. The summed E-state index contributed by atoms with van der Waals surface area (Å²) in [5.41, 5.74) is 24.6. The Labute approximate surface area is 445 Å². The molecule has 5 heteroatoms. The van der Waals surface area contributed by atoms with Gasteiger partial charge in [-0.25, -0.2) is 0 Å². The molecule has 3 nitrogen and oxygen atoms in total. The van der Waals surface area contributed by atoms with Gasteiger partial charge in [-0.15, -0.1) is 0 Å². The van der Waals surface area contributed by atoms with Gasteiger partial charge in [0.05, 0.1) is 24.8 Å². The highest BCUT2D eigenvalue weighted by Crippen LogP contribution is 2.65. The quantitative estimate of drug-likeness (QED) is 0.159. The van der Waals surface area contributed by atoms with E-state index in [1.54, 1.807) is 10.8 Å². The Hall–Kier alpha value is -5.78. The van der Waals surface area contributed by atoms with Crippen molar-refractivity contribution in [2.75, 3.05) is 14.7 Å². The molecule has 2 saturated carbocycles. The van der Waals surface area contributed by atoms with Crippen molar-refractivity contribution < 1.29 is 0 Å². The number of hydrogen-bond acceptors (Lipinski definition) is 3. The van der Waals surface area contributed by atoms with Gasteiger partial charge < -0.3 is 14.7 Å². The lowest BCUT2D eigenvalue weighted by Crippen LogP contribution is -2.65. The highest BCUT2D eigenvalue weighted by molar-refractivity contribution is 7.01. The molecule has 4 heterocycles. The lowest BCUT2D eigenvalue weighted by atomic mass is 9.33. The first-order valence-corrected chi connectivity index (χ1v) is 31.9. The second-order valence-corrected chi connectivity index (χ2v) is 32.7. The number of anilines is 7. The van der Waals surface area contributed by atoms with Crippen LogP contribution in [0, 0.1) is 0 Å². The summed E-state index contributed by atoms with van der Waals surface area (Å²) < 4.78 is 0. The molecule has 2 fully saturated rings. The minimum atomic E-state index is -1.78. The first kappa shape index (κ1) is 47.9. The molecule has 4 unspecified atom stereocenters. The molecule has 0 amide bonds. The maximum atomic E-state index is 2.98. The Morgan fingerprint density at radius 1 is 0.459 bits per heavy atom. The summed E-state index contributed by atoms with van der Waals surface area (Å²) in [6, 6.07) is 55.8. The van der Waals surface area contributed by atoms with E-state index in [1.165, 1.54) is 140 Å². The Bertz CT molecular complexity index is 3450. The van der Waals surface area contributed by atoms with E-state index in [1.807, 2.05) is 0 Å². The zero-order chi connectivity index (χ0) is 51.7. The average Bonchev–Trinajstić information content (AvgIpc) is 3.81. The van der Waals surface area contributed by atoms with E-state index in [9.17, 15) is 0 Å². The van der Waals surface area contributed by atoms with Crippen molar-refractivity contribution in [2.24, 2.45) is 0 Å². The highest BCUT2D eigenvalue weighted by Gasteiger charge is 2.63.